The molecule has 0 radical (unpaired) electrons. The first-order valence-electron chi connectivity index (χ1n) is 7.26. The zero-order chi connectivity index (χ0) is 15.4. The molecular formula is C16H19N5O. The Labute approximate surface area is 129 Å². The highest BCUT2D eigenvalue weighted by Gasteiger charge is 2.14. The first-order valence-corrected chi connectivity index (χ1v) is 7.26. The Morgan fingerprint density at radius 1 is 1.23 bits per heavy atom. The van der Waals surface area contributed by atoms with Gasteiger partial charge in [0.15, 0.2) is 5.76 Å². The van der Waals surface area contributed by atoms with Crippen LogP contribution in [0.4, 0.5) is 0 Å². The Hall–Kier alpha value is -2.47. The Balaban J connectivity index is 1.60. The second-order valence-corrected chi connectivity index (χ2v) is 5.40. The van der Waals surface area contributed by atoms with E-state index in [4.69, 9.17) is 4.42 Å². The molecule has 0 bridgehead atoms. The monoisotopic (exact) mass is 297 g/mol. The Kier molecular flexibility index (Phi) is 4.29. The number of rotatable bonds is 6. The maximum Gasteiger partial charge on any atom is 0.152 e. The molecule has 0 unspecified atom stereocenters. The number of nitrogens with one attached hydrogen (secondary N) is 1. The molecule has 6 nitrogen and oxygen atoms in total. The topological polar surface area (TPSA) is 70.8 Å². The zero-order valence-electron chi connectivity index (χ0n) is 12.7. The fourth-order valence-corrected chi connectivity index (χ4v) is 2.30. The van der Waals surface area contributed by atoms with Gasteiger partial charge in [-0.1, -0.05) is 0 Å². The first kappa shape index (κ1) is 14.5. The van der Waals surface area contributed by atoms with Gasteiger partial charge in [0, 0.05) is 37.3 Å². The van der Waals surface area contributed by atoms with Gasteiger partial charge in [0.25, 0.3) is 0 Å². The molecule has 22 heavy (non-hydrogen) atoms. The summed E-state index contributed by atoms with van der Waals surface area (Å²) in [6.07, 6.45) is 7.81. The average Bonchev–Trinajstić information content (AvgIpc) is 3.19. The first-order chi connectivity index (χ1) is 10.7. The summed E-state index contributed by atoms with van der Waals surface area (Å²) in [5.41, 5.74) is 1.89. The zero-order valence-corrected chi connectivity index (χ0v) is 12.7. The van der Waals surface area contributed by atoms with E-state index < -0.39 is 0 Å². The molecule has 3 heterocycles. The number of aromatic amines is 1. The lowest BCUT2D eigenvalue weighted by atomic mass is 10.1. The number of hydrogen-bond donors (Lipinski definition) is 1. The molecule has 0 aliphatic heterocycles. The van der Waals surface area contributed by atoms with Crippen LogP contribution in [0.15, 0.2) is 47.4 Å². The number of H-pyrrole nitrogens is 1. The van der Waals surface area contributed by atoms with E-state index in [1.807, 2.05) is 24.4 Å². The minimum atomic E-state index is 0.345. The van der Waals surface area contributed by atoms with Gasteiger partial charge in [0.05, 0.1) is 12.2 Å². The summed E-state index contributed by atoms with van der Waals surface area (Å²) in [6.45, 7) is 2.92. The van der Waals surface area contributed by atoms with Crippen molar-refractivity contribution in [1.29, 1.82) is 0 Å². The summed E-state index contributed by atoms with van der Waals surface area (Å²) in [5, 5.41) is 6.84. The molecule has 3 rings (SSSR count). The van der Waals surface area contributed by atoms with Crippen molar-refractivity contribution in [3.63, 3.8) is 0 Å². The predicted molar refractivity (Wildman–Crippen MR) is 83.0 cm³/mol. The number of nitrogens with zero attached hydrogens (tertiary/aromatic N) is 4. The van der Waals surface area contributed by atoms with Crippen LogP contribution in [0, 0.1) is 0 Å². The Bertz CT molecular complexity index is 692. The van der Waals surface area contributed by atoms with Crippen LogP contribution in [0.25, 0.3) is 11.5 Å². The number of aromatic nitrogens is 4. The van der Waals surface area contributed by atoms with Crippen LogP contribution in [0.5, 0.6) is 0 Å². The van der Waals surface area contributed by atoms with E-state index in [1.54, 1.807) is 18.6 Å². The summed E-state index contributed by atoms with van der Waals surface area (Å²) < 4.78 is 5.86. The van der Waals surface area contributed by atoms with Crippen molar-refractivity contribution < 1.29 is 4.42 Å². The van der Waals surface area contributed by atoms with Crippen LogP contribution >= 0.6 is 0 Å². The standard InChI is InChI=1S/C16H19N5O/c1-12(9-13-10-17-7-8-18-13)21(2)11-14-3-4-16(22-14)15-5-6-19-20-15/h3-8,10,12H,9,11H2,1-2H3,(H,19,20)/t12-/m0/s1. The molecule has 0 saturated carbocycles. The van der Waals surface area contributed by atoms with Crippen molar-refractivity contribution in [1.82, 2.24) is 25.1 Å². The molecule has 0 fully saturated rings. The van der Waals surface area contributed by atoms with E-state index in [1.165, 1.54) is 0 Å². The molecule has 0 amide bonds. The molecule has 0 aliphatic rings. The van der Waals surface area contributed by atoms with Crippen molar-refractivity contribution in [2.75, 3.05) is 7.05 Å². The minimum Gasteiger partial charge on any atom is -0.458 e. The highest BCUT2D eigenvalue weighted by molar-refractivity contribution is 5.51. The quantitative estimate of drug-likeness (QED) is 0.757. The van der Waals surface area contributed by atoms with E-state index in [0.717, 1.165) is 35.9 Å². The van der Waals surface area contributed by atoms with E-state index in [0.29, 0.717) is 6.04 Å². The SMILES string of the molecule is C[C@@H](Cc1cnccn1)N(C)Cc1ccc(-c2ccn[nH]2)o1. The second-order valence-electron chi connectivity index (χ2n) is 5.40. The largest absolute Gasteiger partial charge is 0.458 e. The lowest BCUT2D eigenvalue weighted by molar-refractivity contribution is 0.228. The molecule has 0 spiro atoms. The molecular weight excluding hydrogens is 278 g/mol. The van der Waals surface area contributed by atoms with Crippen LogP contribution in [-0.2, 0) is 13.0 Å². The molecule has 114 valence electrons. The molecule has 3 aromatic heterocycles. The highest BCUT2D eigenvalue weighted by Crippen LogP contribution is 2.20. The third-order valence-corrected chi connectivity index (χ3v) is 3.71. The van der Waals surface area contributed by atoms with Crippen LogP contribution in [0.3, 0.4) is 0 Å². The Morgan fingerprint density at radius 2 is 2.14 bits per heavy atom. The summed E-state index contributed by atoms with van der Waals surface area (Å²) in [4.78, 5) is 10.7. The molecule has 0 aromatic carbocycles. The van der Waals surface area contributed by atoms with Gasteiger partial charge >= 0.3 is 0 Å². The predicted octanol–water partition coefficient (Wildman–Crippen LogP) is 2.52. The van der Waals surface area contributed by atoms with Crippen LogP contribution in [0.1, 0.15) is 18.4 Å². The molecule has 1 atom stereocenters. The summed E-state index contributed by atoms with van der Waals surface area (Å²) in [6, 6.07) is 6.20. The van der Waals surface area contributed by atoms with Gasteiger partial charge in [-0.3, -0.25) is 20.0 Å². The number of likely N-dealkylation sites (N-methyl/N-ethyl adjacent to an activating group) is 1. The van der Waals surface area contributed by atoms with Crippen molar-refractivity contribution >= 4 is 0 Å². The second kappa shape index (κ2) is 6.53. The fourth-order valence-electron chi connectivity index (χ4n) is 2.30. The van der Waals surface area contributed by atoms with Crippen LogP contribution in [0.2, 0.25) is 0 Å². The molecule has 1 N–H and O–H groups in total. The Morgan fingerprint density at radius 3 is 2.86 bits per heavy atom. The molecule has 0 saturated heterocycles. The van der Waals surface area contributed by atoms with Gasteiger partial charge in [-0.2, -0.15) is 5.10 Å². The van der Waals surface area contributed by atoms with Crippen molar-refractivity contribution in [3.05, 3.63) is 54.4 Å². The third kappa shape index (κ3) is 3.40. The molecule has 0 aliphatic carbocycles. The third-order valence-electron chi connectivity index (χ3n) is 3.71. The fraction of sp³-hybridized carbons (Fsp3) is 0.312. The van der Waals surface area contributed by atoms with Gasteiger partial charge in [-0.25, -0.2) is 0 Å². The molecule has 3 aromatic rings. The average molecular weight is 297 g/mol. The van der Waals surface area contributed by atoms with E-state index in [9.17, 15) is 0 Å². The summed E-state index contributed by atoms with van der Waals surface area (Å²) >= 11 is 0. The van der Waals surface area contributed by atoms with Gasteiger partial charge in [-0.05, 0) is 32.2 Å². The molecule has 6 heteroatoms. The highest BCUT2D eigenvalue weighted by atomic mass is 16.3. The normalized spacial score (nSPS) is 12.7. The number of furan rings is 1. The van der Waals surface area contributed by atoms with Gasteiger partial charge < -0.3 is 4.42 Å². The van der Waals surface area contributed by atoms with Gasteiger partial charge in [0.1, 0.15) is 11.5 Å². The van der Waals surface area contributed by atoms with Gasteiger partial charge in [0.2, 0.25) is 0 Å². The summed E-state index contributed by atoms with van der Waals surface area (Å²) in [5.74, 6) is 1.74. The maximum absolute atomic E-state index is 5.86. The van der Waals surface area contributed by atoms with Crippen molar-refractivity contribution in [3.8, 4) is 11.5 Å². The smallest absolute Gasteiger partial charge is 0.152 e. The lowest BCUT2D eigenvalue weighted by Gasteiger charge is -2.23. The van der Waals surface area contributed by atoms with Crippen molar-refractivity contribution in [2.45, 2.75) is 25.9 Å². The minimum absolute atomic E-state index is 0.345. The van der Waals surface area contributed by atoms with Crippen LogP contribution in [-0.4, -0.2) is 38.2 Å². The lowest BCUT2D eigenvalue weighted by Crippen LogP contribution is -2.30. The van der Waals surface area contributed by atoms with E-state index >= 15 is 0 Å². The number of hydrogen-bond acceptors (Lipinski definition) is 5. The van der Waals surface area contributed by atoms with E-state index in [2.05, 4.69) is 39.0 Å². The van der Waals surface area contributed by atoms with Crippen molar-refractivity contribution in [2.24, 2.45) is 0 Å². The van der Waals surface area contributed by atoms with Crippen LogP contribution < -0.4 is 0 Å². The summed E-state index contributed by atoms with van der Waals surface area (Å²) in [7, 11) is 2.08. The van der Waals surface area contributed by atoms with Gasteiger partial charge in [-0.15, -0.1) is 0 Å². The van der Waals surface area contributed by atoms with E-state index in [-0.39, 0.29) is 0 Å². The maximum atomic E-state index is 5.86.